The minimum atomic E-state index is -0.628. The molecule has 26 heavy (non-hydrogen) atoms. The van der Waals surface area contributed by atoms with Gasteiger partial charge in [0.2, 0.25) is 0 Å². The van der Waals surface area contributed by atoms with E-state index in [0.717, 1.165) is 32.1 Å². The summed E-state index contributed by atoms with van der Waals surface area (Å²) in [5.74, 6) is 0.187. The number of amides is 2. The fraction of sp³-hybridized carbons (Fsp3) is 0.700. The highest BCUT2D eigenvalue weighted by Gasteiger charge is 2.64. The lowest BCUT2D eigenvalue weighted by Crippen LogP contribution is -2.63. The van der Waals surface area contributed by atoms with Crippen molar-refractivity contribution in [3.8, 4) is 0 Å². The van der Waals surface area contributed by atoms with Crippen LogP contribution in [0.5, 0.6) is 0 Å². The summed E-state index contributed by atoms with van der Waals surface area (Å²) >= 11 is 0. The van der Waals surface area contributed by atoms with Gasteiger partial charge in [0.15, 0.2) is 0 Å². The highest BCUT2D eigenvalue weighted by atomic mass is 16.5. The average molecular weight is 359 g/mol. The first-order valence-corrected chi connectivity index (χ1v) is 9.75. The van der Waals surface area contributed by atoms with E-state index in [2.05, 4.69) is 29.5 Å². The second-order valence-electron chi connectivity index (χ2n) is 8.97. The first-order chi connectivity index (χ1) is 12.4. The summed E-state index contributed by atoms with van der Waals surface area (Å²) < 4.78 is 5.81. The predicted octanol–water partition coefficient (Wildman–Crippen LogP) is 2.38. The summed E-state index contributed by atoms with van der Waals surface area (Å²) in [4.78, 5) is 28.4. The fourth-order valence-electron chi connectivity index (χ4n) is 5.14. The van der Waals surface area contributed by atoms with E-state index in [1.165, 1.54) is 6.42 Å². The number of rotatable bonds is 5. The second kappa shape index (κ2) is 6.12. The van der Waals surface area contributed by atoms with Gasteiger partial charge in [0, 0.05) is 12.7 Å². The first-order valence-electron chi connectivity index (χ1n) is 9.75. The van der Waals surface area contributed by atoms with Crippen molar-refractivity contribution in [2.75, 3.05) is 13.2 Å². The lowest BCUT2D eigenvalue weighted by molar-refractivity contribution is -0.145. The van der Waals surface area contributed by atoms with Gasteiger partial charge in [0.05, 0.1) is 12.1 Å². The number of hydrogen-bond donors (Lipinski definition) is 3. The van der Waals surface area contributed by atoms with E-state index >= 15 is 0 Å². The maximum atomic E-state index is 12.8. The molecule has 2 atom stereocenters. The summed E-state index contributed by atoms with van der Waals surface area (Å²) in [5, 5.41) is 6.36. The number of aromatic nitrogens is 1. The molecule has 6 heteroatoms. The van der Waals surface area contributed by atoms with Gasteiger partial charge < -0.3 is 20.4 Å². The van der Waals surface area contributed by atoms with Gasteiger partial charge in [-0.1, -0.05) is 26.7 Å². The largest absolute Gasteiger partial charge is 0.365 e. The lowest BCUT2D eigenvalue weighted by atomic mass is 9.63. The molecule has 2 aliphatic carbocycles. The Morgan fingerprint density at radius 3 is 2.77 bits per heavy atom. The number of nitrogens with one attached hydrogen (secondary N) is 3. The minimum Gasteiger partial charge on any atom is -0.365 e. The third-order valence-corrected chi connectivity index (χ3v) is 6.76. The molecule has 2 saturated heterocycles. The van der Waals surface area contributed by atoms with Gasteiger partial charge in [-0.3, -0.25) is 9.59 Å². The van der Waals surface area contributed by atoms with E-state index in [0.29, 0.717) is 24.8 Å². The van der Waals surface area contributed by atoms with Crippen LogP contribution in [0.2, 0.25) is 0 Å². The second-order valence-corrected chi connectivity index (χ2v) is 8.97. The van der Waals surface area contributed by atoms with Gasteiger partial charge in [0.1, 0.15) is 11.3 Å². The molecule has 4 aliphatic rings. The molecular weight excluding hydrogens is 330 g/mol. The standard InChI is InChI=1S/C20H29N3O3/c1-14-6-3-4-8-19(14,23-16(24)15-7-5-9-21-15)12-22-17(25)20-10-18(2,11-20)13-26-20/h5,7,9,14,21H,3-4,6,8,10-13H2,1-2H3,(H,22,25)(H,23,24). The Labute approximate surface area is 154 Å². The number of fused-ring (bicyclic) bond motifs is 1. The normalized spacial score (nSPS) is 38.5. The molecule has 5 rings (SSSR count). The van der Waals surface area contributed by atoms with Crippen LogP contribution >= 0.6 is 0 Å². The van der Waals surface area contributed by atoms with Crippen molar-refractivity contribution in [2.24, 2.45) is 11.3 Å². The molecule has 4 fully saturated rings. The Kier molecular flexibility index (Phi) is 4.14. The van der Waals surface area contributed by atoms with Gasteiger partial charge in [-0.05, 0) is 49.1 Å². The van der Waals surface area contributed by atoms with Gasteiger partial charge in [-0.25, -0.2) is 0 Å². The van der Waals surface area contributed by atoms with Crippen LogP contribution in [0.3, 0.4) is 0 Å². The molecule has 2 aliphatic heterocycles. The van der Waals surface area contributed by atoms with Crippen molar-refractivity contribution in [3.63, 3.8) is 0 Å². The molecular formula is C20H29N3O3. The summed E-state index contributed by atoms with van der Waals surface area (Å²) in [7, 11) is 0. The smallest absolute Gasteiger partial charge is 0.268 e. The molecule has 2 amide bonds. The Hall–Kier alpha value is -1.82. The van der Waals surface area contributed by atoms with Crippen LogP contribution in [0.1, 0.15) is 62.9 Å². The van der Waals surface area contributed by atoms with Crippen LogP contribution in [0, 0.1) is 11.3 Å². The molecule has 3 heterocycles. The number of carbonyl (C=O) groups is 2. The zero-order valence-corrected chi connectivity index (χ0v) is 15.7. The maximum Gasteiger partial charge on any atom is 0.268 e. The van der Waals surface area contributed by atoms with Crippen molar-refractivity contribution in [1.29, 1.82) is 0 Å². The van der Waals surface area contributed by atoms with Crippen LogP contribution in [-0.4, -0.2) is 41.1 Å². The molecule has 3 N–H and O–H groups in total. The van der Waals surface area contributed by atoms with Crippen molar-refractivity contribution in [3.05, 3.63) is 24.0 Å². The topological polar surface area (TPSA) is 83.2 Å². The van der Waals surface area contributed by atoms with Crippen molar-refractivity contribution in [1.82, 2.24) is 15.6 Å². The molecule has 0 aromatic carbocycles. The molecule has 2 saturated carbocycles. The zero-order valence-electron chi connectivity index (χ0n) is 15.7. The molecule has 0 spiro atoms. The monoisotopic (exact) mass is 359 g/mol. The van der Waals surface area contributed by atoms with Crippen molar-refractivity contribution >= 4 is 11.8 Å². The molecule has 1 aromatic rings. The Bertz CT molecular complexity index is 693. The quantitative estimate of drug-likeness (QED) is 0.755. The minimum absolute atomic E-state index is 0.0150. The highest BCUT2D eigenvalue weighted by molar-refractivity contribution is 5.93. The maximum absolute atomic E-state index is 12.8. The van der Waals surface area contributed by atoms with E-state index in [1.54, 1.807) is 12.3 Å². The van der Waals surface area contributed by atoms with Gasteiger partial charge in [0.25, 0.3) is 11.8 Å². The van der Waals surface area contributed by atoms with Gasteiger partial charge in [-0.15, -0.1) is 0 Å². The van der Waals surface area contributed by atoms with Crippen molar-refractivity contribution in [2.45, 2.75) is 63.5 Å². The predicted molar refractivity (Wildman–Crippen MR) is 97.7 cm³/mol. The summed E-state index contributed by atoms with van der Waals surface area (Å²) in [5.41, 5.74) is -0.300. The Balaban J connectivity index is 1.45. The SMILES string of the molecule is CC1CCCCC1(CNC(=O)C12CC(C)(CO1)C2)NC(=O)c1ccc[nH]1. The average Bonchev–Trinajstić information content (AvgIpc) is 3.30. The van der Waals surface area contributed by atoms with E-state index < -0.39 is 11.1 Å². The summed E-state index contributed by atoms with van der Waals surface area (Å²) in [6, 6.07) is 3.59. The molecule has 2 bridgehead atoms. The van der Waals surface area contributed by atoms with E-state index in [9.17, 15) is 9.59 Å². The number of hydrogen-bond acceptors (Lipinski definition) is 3. The number of aromatic amines is 1. The fourth-order valence-corrected chi connectivity index (χ4v) is 5.14. The van der Waals surface area contributed by atoms with E-state index in [1.807, 2.05) is 6.07 Å². The zero-order chi connectivity index (χ0) is 18.4. The summed E-state index contributed by atoms with van der Waals surface area (Å²) in [6.07, 6.45) is 7.53. The Morgan fingerprint density at radius 1 is 1.35 bits per heavy atom. The first kappa shape index (κ1) is 17.6. The van der Waals surface area contributed by atoms with Crippen LogP contribution in [-0.2, 0) is 9.53 Å². The number of ether oxygens (including phenoxy) is 1. The van der Waals surface area contributed by atoms with Crippen LogP contribution < -0.4 is 10.6 Å². The van der Waals surface area contributed by atoms with Gasteiger partial charge in [-0.2, -0.15) is 0 Å². The molecule has 0 radical (unpaired) electrons. The van der Waals surface area contributed by atoms with Crippen LogP contribution in [0.25, 0.3) is 0 Å². The number of carbonyl (C=O) groups excluding carboxylic acids is 2. The van der Waals surface area contributed by atoms with E-state index in [-0.39, 0.29) is 17.2 Å². The molecule has 1 aromatic heterocycles. The molecule has 142 valence electrons. The third-order valence-electron chi connectivity index (χ3n) is 6.76. The lowest BCUT2D eigenvalue weighted by Gasteiger charge is -2.45. The Morgan fingerprint density at radius 2 is 2.15 bits per heavy atom. The molecule has 6 nitrogen and oxygen atoms in total. The summed E-state index contributed by atoms with van der Waals surface area (Å²) in [6.45, 7) is 5.48. The van der Waals surface area contributed by atoms with Crippen LogP contribution in [0.4, 0.5) is 0 Å². The van der Waals surface area contributed by atoms with Crippen LogP contribution in [0.15, 0.2) is 18.3 Å². The van der Waals surface area contributed by atoms with Crippen molar-refractivity contribution < 1.29 is 14.3 Å². The number of H-pyrrole nitrogens is 1. The van der Waals surface area contributed by atoms with Gasteiger partial charge >= 0.3 is 0 Å². The molecule has 2 unspecified atom stereocenters. The highest BCUT2D eigenvalue weighted by Crippen LogP contribution is 2.57. The van der Waals surface area contributed by atoms with E-state index in [4.69, 9.17) is 4.74 Å². The third kappa shape index (κ3) is 2.84.